The second-order valence-corrected chi connectivity index (χ2v) is 4.89. The number of aryl methyl sites for hydroxylation is 2. The molecular formula is C15H15ClFN. The van der Waals surface area contributed by atoms with E-state index in [9.17, 15) is 4.39 Å². The van der Waals surface area contributed by atoms with E-state index in [0.29, 0.717) is 6.54 Å². The number of halogens is 2. The van der Waals surface area contributed by atoms with Crippen LogP contribution in [0.25, 0.3) is 0 Å². The van der Waals surface area contributed by atoms with Gasteiger partial charge in [0, 0.05) is 12.2 Å². The molecule has 0 radical (unpaired) electrons. The molecule has 18 heavy (non-hydrogen) atoms. The molecule has 0 unspecified atom stereocenters. The highest BCUT2D eigenvalue weighted by Crippen LogP contribution is 2.19. The van der Waals surface area contributed by atoms with Crippen LogP contribution in [0.1, 0.15) is 16.7 Å². The third-order valence-electron chi connectivity index (χ3n) is 2.70. The quantitative estimate of drug-likeness (QED) is 0.846. The zero-order chi connectivity index (χ0) is 13.1. The van der Waals surface area contributed by atoms with Crippen molar-refractivity contribution in [1.29, 1.82) is 0 Å². The standard InChI is InChI=1S/C15H15ClFN/c1-10-5-11(2)7-12(6-10)9-18-13-3-4-14(16)15(17)8-13/h3-8,18H,9H2,1-2H3. The number of nitrogens with one attached hydrogen (secondary N) is 1. The Morgan fingerprint density at radius 2 is 1.72 bits per heavy atom. The Kier molecular flexibility index (Phi) is 3.87. The van der Waals surface area contributed by atoms with Crippen molar-refractivity contribution < 1.29 is 4.39 Å². The molecule has 0 aliphatic rings. The maximum absolute atomic E-state index is 13.3. The monoisotopic (exact) mass is 263 g/mol. The summed E-state index contributed by atoms with van der Waals surface area (Å²) in [7, 11) is 0. The van der Waals surface area contributed by atoms with Crippen LogP contribution >= 0.6 is 11.6 Å². The van der Waals surface area contributed by atoms with Crippen molar-refractivity contribution in [3.8, 4) is 0 Å². The summed E-state index contributed by atoms with van der Waals surface area (Å²) in [5.74, 6) is -0.401. The van der Waals surface area contributed by atoms with Crippen LogP contribution in [0, 0.1) is 19.7 Å². The largest absolute Gasteiger partial charge is 0.381 e. The average molecular weight is 264 g/mol. The van der Waals surface area contributed by atoms with Crippen molar-refractivity contribution in [2.75, 3.05) is 5.32 Å². The summed E-state index contributed by atoms with van der Waals surface area (Å²) >= 11 is 5.64. The maximum atomic E-state index is 13.3. The van der Waals surface area contributed by atoms with Crippen molar-refractivity contribution in [3.63, 3.8) is 0 Å². The van der Waals surface area contributed by atoms with Gasteiger partial charge in [0.2, 0.25) is 0 Å². The first-order chi connectivity index (χ1) is 8.54. The van der Waals surface area contributed by atoms with Crippen LogP contribution in [-0.2, 0) is 6.54 Å². The van der Waals surface area contributed by atoms with Crippen molar-refractivity contribution in [2.24, 2.45) is 0 Å². The molecule has 0 spiro atoms. The average Bonchev–Trinajstić information content (AvgIpc) is 2.29. The number of anilines is 1. The van der Waals surface area contributed by atoms with Crippen LogP contribution in [0.5, 0.6) is 0 Å². The predicted molar refractivity (Wildman–Crippen MR) is 74.7 cm³/mol. The predicted octanol–water partition coefficient (Wildman–Crippen LogP) is 4.71. The third kappa shape index (κ3) is 3.23. The van der Waals surface area contributed by atoms with E-state index >= 15 is 0 Å². The van der Waals surface area contributed by atoms with Gasteiger partial charge in [-0.1, -0.05) is 40.9 Å². The minimum Gasteiger partial charge on any atom is -0.381 e. The lowest BCUT2D eigenvalue weighted by Gasteiger charge is -2.09. The molecule has 0 saturated carbocycles. The minimum atomic E-state index is -0.401. The second kappa shape index (κ2) is 5.40. The van der Waals surface area contributed by atoms with Crippen molar-refractivity contribution in [2.45, 2.75) is 20.4 Å². The van der Waals surface area contributed by atoms with Crippen LogP contribution in [0.2, 0.25) is 5.02 Å². The molecule has 0 heterocycles. The Hall–Kier alpha value is -1.54. The Morgan fingerprint density at radius 3 is 2.33 bits per heavy atom. The van der Waals surface area contributed by atoms with Gasteiger partial charge in [0.15, 0.2) is 0 Å². The SMILES string of the molecule is Cc1cc(C)cc(CNc2ccc(Cl)c(F)c2)c1. The molecule has 0 saturated heterocycles. The van der Waals surface area contributed by atoms with E-state index in [1.54, 1.807) is 12.1 Å². The maximum Gasteiger partial charge on any atom is 0.143 e. The van der Waals surface area contributed by atoms with Crippen LogP contribution < -0.4 is 5.32 Å². The Bertz CT molecular complexity index is 546. The highest BCUT2D eigenvalue weighted by molar-refractivity contribution is 6.30. The van der Waals surface area contributed by atoms with Gasteiger partial charge in [-0.25, -0.2) is 4.39 Å². The second-order valence-electron chi connectivity index (χ2n) is 4.48. The van der Waals surface area contributed by atoms with Gasteiger partial charge in [-0.15, -0.1) is 0 Å². The molecule has 0 bridgehead atoms. The fourth-order valence-corrected chi connectivity index (χ4v) is 2.10. The summed E-state index contributed by atoms with van der Waals surface area (Å²) in [5, 5.41) is 3.33. The lowest BCUT2D eigenvalue weighted by atomic mass is 10.1. The van der Waals surface area contributed by atoms with E-state index in [-0.39, 0.29) is 5.02 Å². The summed E-state index contributed by atoms with van der Waals surface area (Å²) < 4.78 is 13.3. The summed E-state index contributed by atoms with van der Waals surface area (Å²) in [6, 6.07) is 11.1. The molecule has 94 valence electrons. The van der Waals surface area contributed by atoms with E-state index in [4.69, 9.17) is 11.6 Å². The first-order valence-corrected chi connectivity index (χ1v) is 6.18. The van der Waals surface area contributed by atoms with E-state index in [1.165, 1.54) is 22.8 Å². The molecule has 2 rings (SSSR count). The topological polar surface area (TPSA) is 12.0 Å². The summed E-state index contributed by atoms with van der Waals surface area (Å²) in [4.78, 5) is 0. The smallest absolute Gasteiger partial charge is 0.143 e. The fraction of sp³-hybridized carbons (Fsp3) is 0.200. The van der Waals surface area contributed by atoms with E-state index in [0.717, 1.165) is 5.69 Å². The number of benzene rings is 2. The van der Waals surface area contributed by atoms with Crippen LogP contribution in [0.15, 0.2) is 36.4 Å². The van der Waals surface area contributed by atoms with E-state index in [2.05, 4.69) is 37.4 Å². The van der Waals surface area contributed by atoms with Gasteiger partial charge in [-0.3, -0.25) is 0 Å². The lowest BCUT2D eigenvalue weighted by molar-refractivity contribution is 0.628. The Morgan fingerprint density at radius 1 is 1.06 bits per heavy atom. The molecule has 1 nitrogen and oxygen atoms in total. The summed E-state index contributed by atoms with van der Waals surface area (Å²) in [6.07, 6.45) is 0. The number of rotatable bonds is 3. The molecule has 0 aliphatic heterocycles. The summed E-state index contributed by atoms with van der Waals surface area (Å²) in [5.41, 5.74) is 4.38. The lowest BCUT2D eigenvalue weighted by Crippen LogP contribution is -2.00. The molecular weight excluding hydrogens is 249 g/mol. The van der Waals surface area contributed by atoms with Crippen molar-refractivity contribution in [3.05, 3.63) is 63.9 Å². The Labute approximate surface area is 112 Å². The molecule has 0 aliphatic carbocycles. The number of hydrogen-bond acceptors (Lipinski definition) is 1. The highest BCUT2D eigenvalue weighted by atomic mass is 35.5. The van der Waals surface area contributed by atoms with Crippen LogP contribution in [0.3, 0.4) is 0 Å². The van der Waals surface area contributed by atoms with E-state index < -0.39 is 5.82 Å². The minimum absolute atomic E-state index is 0.145. The molecule has 3 heteroatoms. The normalized spacial score (nSPS) is 10.4. The van der Waals surface area contributed by atoms with Gasteiger partial charge in [-0.2, -0.15) is 0 Å². The van der Waals surface area contributed by atoms with Gasteiger partial charge in [-0.05, 0) is 37.6 Å². The summed E-state index contributed by atoms with van der Waals surface area (Å²) in [6.45, 7) is 4.81. The molecule has 1 N–H and O–H groups in total. The number of hydrogen-bond donors (Lipinski definition) is 1. The van der Waals surface area contributed by atoms with Crippen LogP contribution in [-0.4, -0.2) is 0 Å². The van der Waals surface area contributed by atoms with Crippen LogP contribution in [0.4, 0.5) is 10.1 Å². The first kappa shape index (κ1) is 12.9. The fourth-order valence-electron chi connectivity index (χ4n) is 1.98. The van der Waals surface area contributed by atoms with Gasteiger partial charge in [0.05, 0.1) is 5.02 Å². The zero-order valence-corrected chi connectivity index (χ0v) is 11.2. The molecule has 0 fully saturated rings. The molecule has 0 aromatic heterocycles. The molecule has 0 atom stereocenters. The molecule has 2 aromatic rings. The molecule has 0 amide bonds. The van der Waals surface area contributed by atoms with Gasteiger partial charge < -0.3 is 5.32 Å². The van der Waals surface area contributed by atoms with E-state index in [1.807, 2.05) is 0 Å². The van der Waals surface area contributed by atoms with Crippen molar-refractivity contribution in [1.82, 2.24) is 0 Å². The molecule has 2 aromatic carbocycles. The third-order valence-corrected chi connectivity index (χ3v) is 3.00. The Balaban J connectivity index is 2.08. The highest BCUT2D eigenvalue weighted by Gasteiger charge is 2.01. The first-order valence-electron chi connectivity index (χ1n) is 5.81. The zero-order valence-electron chi connectivity index (χ0n) is 10.4. The van der Waals surface area contributed by atoms with Gasteiger partial charge >= 0.3 is 0 Å². The van der Waals surface area contributed by atoms with Gasteiger partial charge in [0.1, 0.15) is 5.82 Å². The van der Waals surface area contributed by atoms with Crippen molar-refractivity contribution >= 4 is 17.3 Å². The van der Waals surface area contributed by atoms with Gasteiger partial charge in [0.25, 0.3) is 0 Å².